The molecule has 10 heteroatoms. The van der Waals surface area contributed by atoms with Gasteiger partial charge in [0.2, 0.25) is 5.92 Å². The Labute approximate surface area is 194 Å². The molecule has 3 aliphatic rings. The van der Waals surface area contributed by atoms with Crippen molar-refractivity contribution in [3.63, 3.8) is 0 Å². The van der Waals surface area contributed by atoms with Crippen LogP contribution in [0.2, 0.25) is 0 Å². The Morgan fingerprint density at radius 2 is 2.09 bits per heavy atom. The van der Waals surface area contributed by atoms with E-state index in [9.17, 15) is 18.0 Å². The van der Waals surface area contributed by atoms with Crippen molar-refractivity contribution in [1.29, 1.82) is 0 Å². The van der Waals surface area contributed by atoms with E-state index in [1.807, 2.05) is 0 Å². The van der Waals surface area contributed by atoms with Crippen molar-refractivity contribution in [2.45, 2.75) is 36.9 Å². The summed E-state index contributed by atoms with van der Waals surface area (Å²) < 4.78 is 63.1. The summed E-state index contributed by atoms with van der Waals surface area (Å²) in [5.74, 6) is -2.77. The van der Waals surface area contributed by atoms with Crippen molar-refractivity contribution < 1.29 is 36.9 Å². The van der Waals surface area contributed by atoms with Gasteiger partial charge >= 0.3 is 0 Å². The molecule has 2 atom stereocenters. The molecule has 7 nitrogen and oxygen atoms in total. The third-order valence-electron chi connectivity index (χ3n) is 6.75. The van der Waals surface area contributed by atoms with Gasteiger partial charge in [0.05, 0.1) is 20.3 Å². The highest BCUT2D eigenvalue weighted by Crippen LogP contribution is 2.44. The molecule has 1 aliphatic carbocycles. The van der Waals surface area contributed by atoms with Crippen molar-refractivity contribution in [2.75, 3.05) is 33.6 Å². The first-order chi connectivity index (χ1) is 16.3. The van der Waals surface area contributed by atoms with Crippen molar-refractivity contribution in [3.8, 4) is 11.5 Å². The Balaban J connectivity index is 1.27. The molecule has 3 heterocycles. The first-order valence-electron chi connectivity index (χ1n) is 11.2. The topological polar surface area (TPSA) is 70.1 Å². The number of carbonyl (C=O) groups is 1. The molecule has 182 valence electrons. The van der Waals surface area contributed by atoms with Crippen LogP contribution in [-0.2, 0) is 15.1 Å². The van der Waals surface area contributed by atoms with Crippen LogP contribution < -0.4 is 9.47 Å². The van der Waals surface area contributed by atoms with Gasteiger partial charge < -0.3 is 23.8 Å². The molecule has 1 amide bonds. The van der Waals surface area contributed by atoms with Crippen LogP contribution >= 0.6 is 0 Å². The summed E-state index contributed by atoms with van der Waals surface area (Å²) in [5.41, 5.74) is -0.456. The molecule has 0 spiro atoms. The van der Waals surface area contributed by atoms with Crippen LogP contribution in [0.4, 0.5) is 13.2 Å². The molecule has 5 rings (SSSR count). The van der Waals surface area contributed by atoms with Gasteiger partial charge in [0.1, 0.15) is 30.0 Å². The number of hydrogen-bond donors (Lipinski definition) is 0. The summed E-state index contributed by atoms with van der Waals surface area (Å²) >= 11 is 0. The SMILES string of the molecule is COc1cc(C(=O)N2CC[C@]3(c4ncccc4F)OCOC3C2)ccc1OCC1CC(F)(F)C1. The number of carbonyl (C=O) groups excluding carboxylic acids is 1. The van der Waals surface area contributed by atoms with E-state index < -0.39 is 23.4 Å². The highest BCUT2D eigenvalue weighted by atomic mass is 19.3. The Morgan fingerprint density at radius 3 is 2.82 bits per heavy atom. The van der Waals surface area contributed by atoms with Gasteiger partial charge in [0, 0.05) is 43.5 Å². The molecule has 2 saturated heterocycles. The lowest BCUT2D eigenvalue weighted by atomic mass is 9.82. The molecule has 3 fully saturated rings. The maximum atomic E-state index is 14.5. The smallest absolute Gasteiger partial charge is 0.254 e. The van der Waals surface area contributed by atoms with Gasteiger partial charge in [-0.05, 0) is 30.3 Å². The second-order valence-electron chi connectivity index (χ2n) is 8.95. The lowest BCUT2D eigenvalue weighted by Crippen LogP contribution is -2.54. The van der Waals surface area contributed by atoms with E-state index in [1.165, 1.54) is 25.4 Å². The van der Waals surface area contributed by atoms with Crippen molar-refractivity contribution in [2.24, 2.45) is 5.92 Å². The highest BCUT2D eigenvalue weighted by Gasteiger charge is 2.53. The number of alkyl halides is 2. The predicted molar refractivity (Wildman–Crippen MR) is 113 cm³/mol. The number of hydrogen-bond acceptors (Lipinski definition) is 6. The summed E-state index contributed by atoms with van der Waals surface area (Å²) in [6.07, 6.45) is 0.923. The van der Waals surface area contributed by atoms with Crippen LogP contribution in [0, 0.1) is 11.7 Å². The fourth-order valence-electron chi connectivity index (χ4n) is 4.91. The van der Waals surface area contributed by atoms with E-state index in [1.54, 1.807) is 23.1 Å². The average molecular weight is 478 g/mol. The van der Waals surface area contributed by atoms with Gasteiger partial charge in [-0.3, -0.25) is 9.78 Å². The van der Waals surface area contributed by atoms with E-state index in [4.69, 9.17) is 18.9 Å². The molecular weight excluding hydrogens is 453 g/mol. The first kappa shape index (κ1) is 22.9. The van der Waals surface area contributed by atoms with E-state index in [-0.39, 0.29) is 50.3 Å². The first-order valence-corrected chi connectivity index (χ1v) is 11.2. The van der Waals surface area contributed by atoms with Crippen LogP contribution in [0.25, 0.3) is 0 Å². The summed E-state index contributed by atoms with van der Waals surface area (Å²) in [7, 11) is 1.45. The number of halogens is 3. The molecule has 1 aromatic carbocycles. The maximum Gasteiger partial charge on any atom is 0.254 e. The fraction of sp³-hybridized carbons (Fsp3) is 0.500. The summed E-state index contributed by atoms with van der Waals surface area (Å²) in [4.78, 5) is 19.0. The van der Waals surface area contributed by atoms with Crippen LogP contribution in [0.3, 0.4) is 0 Å². The summed E-state index contributed by atoms with van der Waals surface area (Å²) in [6, 6.07) is 7.64. The molecule has 2 aliphatic heterocycles. The number of amides is 1. The lowest BCUT2D eigenvalue weighted by molar-refractivity contribution is -0.119. The van der Waals surface area contributed by atoms with Crippen molar-refractivity contribution in [3.05, 3.63) is 53.6 Å². The molecule has 0 bridgehead atoms. The molecule has 1 unspecified atom stereocenters. The average Bonchev–Trinajstić information content (AvgIpc) is 3.25. The Kier molecular flexibility index (Phi) is 5.89. The van der Waals surface area contributed by atoms with Gasteiger partial charge in [-0.1, -0.05) is 0 Å². The van der Waals surface area contributed by atoms with Crippen LogP contribution in [0.5, 0.6) is 11.5 Å². The van der Waals surface area contributed by atoms with Crippen LogP contribution in [0.1, 0.15) is 35.3 Å². The van der Waals surface area contributed by atoms with E-state index in [0.29, 0.717) is 30.0 Å². The lowest BCUT2D eigenvalue weighted by Gasteiger charge is -2.41. The predicted octanol–water partition coefficient (Wildman–Crippen LogP) is 3.77. The number of pyridine rings is 1. The largest absolute Gasteiger partial charge is 0.493 e. The van der Waals surface area contributed by atoms with E-state index in [0.717, 1.165) is 0 Å². The minimum atomic E-state index is -2.60. The molecule has 2 aromatic rings. The molecule has 34 heavy (non-hydrogen) atoms. The van der Waals surface area contributed by atoms with Crippen LogP contribution in [0.15, 0.2) is 36.5 Å². The quantitative estimate of drug-likeness (QED) is 0.630. The monoisotopic (exact) mass is 478 g/mol. The maximum absolute atomic E-state index is 14.5. The van der Waals surface area contributed by atoms with Crippen molar-refractivity contribution in [1.82, 2.24) is 9.88 Å². The van der Waals surface area contributed by atoms with E-state index >= 15 is 0 Å². The Hall–Kier alpha value is -2.85. The zero-order valence-corrected chi connectivity index (χ0v) is 18.6. The molecular formula is C24H25F3N2O5. The highest BCUT2D eigenvalue weighted by molar-refractivity contribution is 5.95. The number of methoxy groups -OCH3 is 1. The summed E-state index contributed by atoms with van der Waals surface area (Å²) in [6.45, 7) is 0.697. The Bertz CT molecular complexity index is 1080. The molecule has 0 N–H and O–H groups in total. The molecule has 1 aromatic heterocycles. The minimum Gasteiger partial charge on any atom is -0.493 e. The second-order valence-corrected chi connectivity index (χ2v) is 8.95. The second kappa shape index (κ2) is 8.74. The Morgan fingerprint density at radius 1 is 1.26 bits per heavy atom. The van der Waals surface area contributed by atoms with E-state index in [2.05, 4.69) is 4.98 Å². The third-order valence-corrected chi connectivity index (χ3v) is 6.75. The minimum absolute atomic E-state index is 0.00447. The number of fused-ring (bicyclic) bond motifs is 1. The molecule has 0 radical (unpaired) electrons. The fourth-order valence-corrected chi connectivity index (χ4v) is 4.91. The number of nitrogens with zero attached hydrogens (tertiary/aromatic N) is 2. The number of benzene rings is 1. The van der Waals surface area contributed by atoms with Crippen molar-refractivity contribution >= 4 is 5.91 Å². The zero-order valence-electron chi connectivity index (χ0n) is 18.6. The third kappa shape index (κ3) is 4.09. The number of ether oxygens (including phenoxy) is 4. The number of likely N-dealkylation sites (tertiary alicyclic amines) is 1. The number of aromatic nitrogens is 1. The normalized spacial score (nSPS) is 26.0. The summed E-state index contributed by atoms with van der Waals surface area (Å²) in [5, 5.41) is 0. The number of rotatable bonds is 6. The van der Waals surface area contributed by atoms with Gasteiger partial charge in [-0.2, -0.15) is 0 Å². The van der Waals surface area contributed by atoms with Gasteiger partial charge in [0.25, 0.3) is 5.91 Å². The standard InChI is InChI=1S/C24H25F3N2O5/c1-31-19-9-16(4-5-18(19)32-13-15-10-23(26,27)11-15)22(30)29-8-6-24(20(12-29)33-14-34-24)21-17(25)3-2-7-28-21/h2-5,7,9,15,20H,6,8,10-14H2,1H3/t20?,24-/m0/s1. The van der Waals surface area contributed by atoms with Gasteiger partial charge in [-0.25, -0.2) is 13.2 Å². The number of piperidine rings is 1. The van der Waals surface area contributed by atoms with Gasteiger partial charge in [-0.15, -0.1) is 0 Å². The zero-order chi connectivity index (χ0) is 23.9. The van der Waals surface area contributed by atoms with Crippen LogP contribution in [-0.4, -0.2) is 61.4 Å². The molecule has 1 saturated carbocycles. The van der Waals surface area contributed by atoms with Gasteiger partial charge in [0.15, 0.2) is 11.5 Å².